The van der Waals surface area contributed by atoms with E-state index in [4.69, 9.17) is 0 Å². The molecule has 0 bridgehead atoms. The summed E-state index contributed by atoms with van der Waals surface area (Å²) in [5.74, 6) is -2.21. The van der Waals surface area contributed by atoms with Crippen LogP contribution in [0.2, 0.25) is 0 Å². The van der Waals surface area contributed by atoms with Gasteiger partial charge in [0.15, 0.2) is 0 Å². The van der Waals surface area contributed by atoms with Crippen molar-refractivity contribution in [3.63, 3.8) is 0 Å². The van der Waals surface area contributed by atoms with Gasteiger partial charge in [0.25, 0.3) is 0 Å². The van der Waals surface area contributed by atoms with Gasteiger partial charge < -0.3 is 14.9 Å². The first-order valence-corrected chi connectivity index (χ1v) is 12.5. The van der Waals surface area contributed by atoms with Gasteiger partial charge in [0.2, 0.25) is 11.8 Å². The van der Waals surface area contributed by atoms with Crippen LogP contribution in [0.3, 0.4) is 0 Å². The van der Waals surface area contributed by atoms with E-state index >= 15 is 0 Å². The number of carboxylic acid groups (broad SMARTS) is 1. The van der Waals surface area contributed by atoms with Crippen LogP contribution in [0.15, 0.2) is 65.6 Å². The Kier molecular flexibility index (Phi) is 7.51. The fourth-order valence-corrected chi connectivity index (χ4v) is 6.24. The van der Waals surface area contributed by atoms with Crippen LogP contribution in [0.1, 0.15) is 13.3 Å². The van der Waals surface area contributed by atoms with E-state index in [-0.39, 0.29) is 18.2 Å². The van der Waals surface area contributed by atoms with Crippen molar-refractivity contribution in [2.45, 2.75) is 29.0 Å². The van der Waals surface area contributed by atoms with Crippen molar-refractivity contribution in [2.75, 3.05) is 37.6 Å². The zero-order valence-electron chi connectivity index (χ0n) is 19.5. The summed E-state index contributed by atoms with van der Waals surface area (Å²) < 4.78 is 0. The highest BCUT2D eigenvalue weighted by molar-refractivity contribution is 8.00. The molecule has 0 radical (unpaired) electrons. The van der Waals surface area contributed by atoms with Gasteiger partial charge in [-0.25, -0.2) is 10.3 Å². The first-order chi connectivity index (χ1) is 16.8. The third-order valence-electron chi connectivity index (χ3n) is 6.95. The van der Waals surface area contributed by atoms with E-state index in [0.717, 1.165) is 15.5 Å². The SMILES string of the molecule is C[C@@]1(C(=O)N2CCN(c3ccccc3)CC2)[C@@H](C(=O)NO)C[C@H](Sc2ccccc2)CN1C(=O)O. The molecule has 3 amide bonds. The zero-order valence-corrected chi connectivity index (χ0v) is 20.4. The number of nitrogens with one attached hydrogen (secondary N) is 1. The third kappa shape index (κ3) is 5.08. The second-order valence-electron chi connectivity index (χ2n) is 8.97. The Morgan fingerprint density at radius 3 is 2.14 bits per heavy atom. The molecule has 3 N–H and O–H groups in total. The van der Waals surface area contributed by atoms with Crippen LogP contribution in [-0.2, 0) is 9.59 Å². The summed E-state index contributed by atoms with van der Waals surface area (Å²) in [6.45, 7) is 3.62. The molecule has 2 fully saturated rings. The molecule has 0 unspecified atom stereocenters. The van der Waals surface area contributed by atoms with Crippen molar-refractivity contribution >= 4 is 35.4 Å². The molecular formula is C25H30N4O5S. The number of thioether (sulfide) groups is 1. The minimum absolute atomic E-state index is 0.0936. The van der Waals surface area contributed by atoms with Crippen LogP contribution in [0.5, 0.6) is 0 Å². The minimum atomic E-state index is -1.64. The molecule has 2 aliphatic heterocycles. The molecule has 9 nitrogen and oxygen atoms in total. The summed E-state index contributed by atoms with van der Waals surface area (Å²) in [7, 11) is 0. The highest BCUT2D eigenvalue weighted by Gasteiger charge is 2.57. The fourth-order valence-electron chi connectivity index (χ4n) is 5.03. The molecule has 2 aliphatic rings. The van der Waals surface area contributed by atoms with E-state index in [2.05, 4.69) is 4.90 Å². The van der Waals surface area contributed by atoms with Gasteiger partial charge in [0.05, 0.1) is 5.92 Å². The topological polar surface area (TPSA) is 113 Å². The van der Waals surface area contributed by atoms with E-state index < -0.39 is 29.4 Å². The Morgan fingerprint density at radius 2 is 1.57 bits per heavy atom. The molecular weight excluding hydrogens is 468 g/mol. The number of carbonyl (C=O) groups is 3. The number of anilines is 1. The second kappa shape index (κ2) is 10.6. The first kappa shape index (κ1) is 24.9. The molecule has 0 aliphatic carbocycles. The normalized spacial score (nSPS) is 24.7. The number of para-hydroxylation sites is 1. The summed E-state index contributed by atoms with van der Waals surface area (Å²) in [6.07, 6.45) is -1.01. The average Bonchev–Trinajstić information content (AvgIpc) is 2.89. The van der Waals surface area contributed by atoms with Crippen LogP contribution >= 0.6 is 11.8 Å². The first-order valence-electron chi connectivity index (χ1n) is 11.6. The predicted molar refractivity (Wildman–Crippen MR) is 132 cm³/mol. The quantitative estimate of drug-likeness (QED) is 0.429. The van der Waals surface area contributed by atoms with Gasteiger partial charge in [0, 0.05) is 48.6 Å². The van der Waals surface area contributed by atoms with Crippen LogP contribution in [0.4, 0.5) is 10.5 Å². The number of amides is 3. The lowest BCUT2D eigenvalue weighted by Gasteiger charge is -2.51. The molecule has 2 saturated heterocycles. The van der Waals surface area contributed by atoms with Gasteiger partial charge in [-0.2, -0.15) is 0 Å². The van der Waals surface area contributed by atoms with E-state index in [0.29, 0.717) is 26.2 Å². The van der Waals surface area contributed by atoms with E-state index in [1.807, 2.05) is 60.7 Å². The van der Waals surface area contributed by atoms with Crippen molar-refractivity contribution in [1.82, 2.24) is 15.3 Å². The molecule has 2 heterocycles. The zero-order chi connectivity index (χ0) is 25.0. The van der Waals surface area contributed by atoms with Gasteiger partial charge in [-0.1, -0.05) is 36.4 Å². The van der Waals surface area contributed by atoms with Gasteiger partial charge in [-0.15, -0.1) is 11.8 Å². The largest absolute Gasteiger partial charge is 0.465 e. The number of hydrogen-bond acceptors (Lipinski definition) is 6. The molecule has 186 valence electrons. The molecule has 3 atom stereocenters. The number of likely N-dealkylation sites (tertiary alicyclic amines) is 1. The van der Waals surface area contributed by atoms with Crippen molar-refractivity contribution in [2.24, 2.45) is 5.92 Å². The highest BCUT2D eigenvalue weighted by Crippen LogP contribution is 2.41. The van der Waals surface area contributed by atoms with E-state index in [1.165, 1.54) is 18.7 Å². The lowest BCUT2D eigenvalue weighted by atomic mass is 9.75. The maximum atomic E-state index is 13.9. The fraction of sp³-hybridized carbons (Fsp3) is 0.400. The van der Waals surface area contributed by atoms with Gasteiger partial charge in [-0.05, 0) is 37.6 Å². The summed E-state index contributed by atoms with van der Waals surface area (Å²) in [5, 5.41) is 19.3. The lowest BCUT2D eigenvalue weighted by molar-refractivity contribution is -0.157. The average molecular weight is 499 g/mol. The number of hydrogen-bond donors (Lipinski definition) is 3. The Hall–Kier alpha value is -3.24. The molecule has 4 rings (SSSR count). The van der Waals surface area contributed by atoms with E-state index in [1.54, 1.807) is 10.4 Å². The molecule has 0 aromatic heterocycles. The molecule has 0 saturated carbocycles. The molecule has 2 aromatic carbocycles. The number of carbonyl (C=O) groups excluding carboxylic acids is 2. The lowest BCUT2D eigenvalue weighted by Crippen LogP contribution is -2.70. The van der Waals surface area contributed by atoms with Crippen molar-refractivity contribution in [1.29, 1.82) is 0 Å². The summed E-state index contributed by atoms with van der Waals surface area (Å²) >= 11 is 1.47. The summed E-state index contributed by atoms with van der Waals surface area (Å²) in [5.41, 5.74) is 1.10. The number of piperazine rings is 1. The Morgan fingerprint density at radius 1 is 0.971 bits per heavy atom. The number of piperidine rings is 1. The number of benzene rings is 2. The van der Waals surface area contributed by atoms with Crippen LogP contribution in [0, 0.1) is 5.92 Å². The summed E-state index contributed by atoms with van der Waals surface area (Å²) in [4.78, 5) is 44.9. The van der Waals surface area contributed by atoms with Crippen LogP contribution in [-0.4, -0.2) is 81.5 Å². The van der Waals surface area contributed by atoms with Crippen molar-refractivity contribution < 1.29 is 24.7 Å². The Labute approximate surface area is 208 Å². The standard InChI is InChI=1S/C25H30N4O5S/c1-25(23(31)28-14-12-27(13-15-28)18-8-4-2-5-9-18)21(22(30)26-34)16-20(17-29(25)24(32)33)35-19-10-6-3-7-11-19/h2-11,20-21,34H,12-17H2,1H3,(H,26,30)(H,32,33)/t20-,21+,25-/m0/s1. The predicted octanol–water partition coefficient (Wildman–Crippen LogP) is 2.76. The van der Waals surface area contributed by atoms with Gasteiger partial charge >= 0.3 is 6.09 Å². The number of nitrogens with zero attached hydrogens (tertiary/aromatic N) is 3. The second-order valence-corrected chi connectivity index (χ2v) is 10.3. The molecule has 35 heavy (non-hydrogen) atoms. The smallest absolute Gasteiger partial charge is 0.408 e. The minimum Gasteiger partial charge on any atom is -0.465 e. The number of hydroxylamine groups is 1. The van der Waals surface area contributed by atoms with E-state index in [9.17, 15) is 24.7 Å². The Balaban J connectivity index is 1.56. The van der Waals surface area contributed by atoms with Crippen LogP contribution < -0.4 is 10.4 Å². The van der Waals surface area contributed by atoms with Crippen molar-refractivity contribution in [3.05, 3.63) is 60.7 Å². The van der Waals surface area contributed by atoms with Crippen molar-refractivity contribution in [3.8, 4) is 0 Å². The maximum absolute atomic E-state index is 13.9. The number of rotatable bonds is 5. The molecule has 10 heteroatoms. The van der Waals surface area contributed by atoms with Gasteiger partial charge in [0.1, 0.15) is 5.54 Å². The third-order valence-corrected chi connectivity index (χ3v) is 8.17. The maximum Gasteiger partial charge on any atom is 0.408 e. The highest BCUT2D eigenvalue weighted by atomic mass is 32.2. The van der Waals surface area contributed by atoms with Gasteiger partial charge in [-0.3, -0.25) is 19.7 Å². The summed E-state index contributed by atoms with van der Waals surface area (Å²) in [6, 6.07) is 19.4. The molecule has 2 aromatic rings. The Bertz CT molecular complexity index is 1050. The monoisotopic (exact) mass is 498 g/mol. The van der Waals surface area contributed by atoms with Crippen LogP contribution in [0.25, 0.3) is 0 Å². The molecule has 0 spiro atoms.